The molecule has 6 nitrogen and oxygen atoms in total. The third-order valence-corrected chi connectivity index (χ3v) is 4.53. The number of aromatic nitrogens is 1. The van der Waals surface area contributed by atoms with Gasteiger partial charge in [0.15, 0.2) is 11.5 Å². The van der Waals surface area contributed by atoms with Crippen molar-refractivity contribution in [3.05, 3.63) is 54.1 Å². The zero-order chi connectivity index (χ0) is 20.1. The smallest absolute Gasteiger partial charge is 0.254 e. The molecule has 142 valence electrons. The summed E-state index contributed by atoms with van der Waals surface area (Å²) in [7, 11) is 4.86. The predicted molar refractivity (Wildman–Crippen MR) is 107 cm³/mol. The first-order chi connectivity index (χ1) is 13.6. The van der Waals surface area contributed by atoms with Crippen LogP contribution in [0.25, 0.3) is 22.2 Å². The van der Waals surface area contributed by atoms with Gasteiger partial charge in [0.25, 0.3) is 5.91 Å². The van der Waals surface area contributed by atoms with Crippen LogP contribution in [0.3, 0.4) is 0 Å². The van der Waals surface area contributed by atoms with Crippen LogP contribution in [0.5, 0.6) is 11.5 Å². The molecule has 2 aromatic carbocycles. The molecule has 3 aromatic rings. The number of benzene rings is 2. The van der Waals surface area contributed by atoms with Crippen LogP contribution in [0.4, 0.5) is 0 Å². The lowest BCUT2D eigenvalue weighted by Gasteiger charge is -2.18. The number of ether oxygens (including phenoxy) is 2. The average Bonchev–Trinajstić information content (AvgIpc) is 2.75. The van der Waals surface area contributed by atoms with E-state index in [1.165, 1.54) is 0 Å². The van der Waals surface area contributed by atoms with E-state index in [2.05, 4.69) is 6.07 Å². The summed E-state index contributed by atoms with van der Waals surface area (Å²) in [4.78, 5) is 19.3. The van der Waals surface area contributed by atoms with Crippen molar-refractivity contribution in [2.75, 3.05) is 27.8 Å². The summed E-state index contributed by atoms with van der Waals surface area (Å²) in [5.41, 5.74) is 2.76. The van der Waals surface area contributed by atoms with E-state index in [0.717, 1.165) is 16.5 Å². The lowest BCUT2D eigenvalue weighted by molar-refractivity contribution is 0.0800. The molecule has 0 spiro atoms. The minimum absolute atomic E-state index is 0.143. The van der Waals surface area contributed by atoms with Crippen LogP contribution >= 0.6 is 0 Å². The molecule has 3 rings (SSSR count). The van der Waals surface area contributed by atoms with E-state index in [4.69, 9.17) is 19.7 Å². The highest BCUT2D eigenvalue weighted by Crippen LogP contribution is 2.33. The molecule has 0 saturated heterocycles. The number of methoxy groups -OCH3 is 2. The summed E-state index contributed by atoms with van der Waals surface area (Å²) in [6.45, 7) is 0.373. The predicted octanol–water partition coefficient (Wildman–Crippen LogP) is 3.90. The molecule has 0 saturated carbocycles. The van der Waals surface area contributed by atoms with Crippen LogP contribution < -0.4 is 9.47 Å². The molecule has 1 heterocycles. The van der Waals surface area contributed by atoms with Gasteiger partial charge in [0.05, 0.1) is 43.5 Å². The quantitative estimate of drug-likeness (QED) is 0.653. The van der Waals surface area contributed by atoms with Gasteiger partial charge in [-0.1, -0.05) is 18.2 Å². The van der Waals surface area contributed by atoms with Gasteiger partial charge in [-0.05, 0) is 30.3 Å². The molecule has 0 unspecified atom stereocenters. The molecule has 6 heteroatoms. The molecular weight excluding hydrogens is 354 g/mol. The third-order valence-electron chi connectivity index (χ3n) is 4.53. The number of hydrogen-bond acceptors (Lipinski definition) is 5. The summed E-state index contributed by atoms with van der Waals surface area (Å²) >= 11 is 0. The van der Waals surface area contributed by atoms with E-state index < -0.39 is 0 Å². The van der Waals surface area contributed by atoms with Gasteiger partial charge in [0, 0.05) is 24.5 Å². The van der Waals surface area contributed by atoms with Crippen molar-refractivity contribution in [3.8, 4) is 28.8 Å². The second-order valence-electron chi connectivity index (χ2n) is 6.28. The van der Waals surface area contributed by atoms with Gasteiger partial charge < -0.3 is 14.4 Å². The van der Waals surface area contributed by atoms with Gasteiger partial charge in [-0.2, -0.15) is 5.26 Å². The van der Waals surface area contributed by atoms with Crippen molar-refractivity contribution in [1.82, 2.24) is 9.88 Å². The van der Waals surface area contributed by atoms with Gasteiger partial charge in [0.1, 0.15) is 0 Å². The Morgan fingerprint density at radius 1 is 1.11 bits per heavy atom. The van der Waals surface area contributed by atoms with Crippen LogP contribution in [0.2, 0.25) is 0 Å². The maximum Gasteiger partial charge on any atom is 0.254 e. The van der Waals surface area contributed by atoms with E-state index in [9.17, 15) is 4.79 Å². The molecule has 0 bridgehead atoms. The Hall–Kier alpha value is -3.59. The van der Waals surface area contributed by atoms with Crippen molar-refractivity contribution in [1.29, 1.82) is 5.26 Å². The zero-order valence-corrected chi connectivity index (χ0v) is 16.1. The first kappa shape index (κ1) is 19.2. The Bertz CT molecular complexity index is 1060. The Morgan fingerprint density at radius 3 is 2.57 bits per heavy atom. The lowest BCUT2D eigenvalue weighted by atomic mass is 10.0. The molecule has 28 heavy (non-hydrogen) atoms. The number of rotatable bonds is 6. The summed E-state index contributed by atoms with van der Waals surface area (Å²) < 4.78 is 10.7. The Labute approximate surface area is 163 Å². The van der Waals surface area contributed by atoms with E-state index in [1.54, 1.807) is 32.2 Å². The average molecular weight is 375 g/mol. The normalized spacial score (nSPS) is 10.4. The maximum atomic E-state index is 13.0. The zero-order valence-electron chi connectivity index (χ0n) is 16.1. The van der Waals surface area contributed by atoms with E-state index >= 15 is 0 Å². The number of amides is 1. The minimum atomic E-state index is -0.143. The van der Waals surface area contributed by atoms with Gasteiger partial charge >= 0.3 is 0 Å². The van der Waals surface area contributed by atoms with E-state index in [0.29, 0.717) is 29.3 Å². The first-order valence-electron chi connectivity index (χ1n) is 8.83. The highest BCUT2D eigenvalue weighted by atomic mass is 16.5. The number of pyridine rings is 1. The van der Waals surface area contributed by atoms with Crippen molar-refractivity contribution < 1.29 is 14.3 Å². The standard InChI is InChI=1S/C22H21N3O3/c1-25(12-6-11-23)22(26)17-14-19(24-18-8-5-4-7-16(17)18)15-9-10-20(27-2)21(13-15)28-3/h4-5,7-10,13-14H,6,12H2,1-3H3. The molecule has 0 aliphatic carbocycles. The first-order valence-corrected chi connectivity index (χ1v) is 8.83. The van der Waals surface area contributed by atoms with Crippen molar-refractivity contribution in [2.45, 2.75) is 6.42 Å². The number of para-hydroxylation sites is 1. The summed E-state index contributed by atoms with van der Waals surface area (Å²) in [6.07, 6.45) is 0.286. The topological polar surface area (TPSA) is 75.5 Å². The molecule has 0 aliphatic heterocycles. The summed E-state index contributed by atoms with van der Waals surface area (Å²) in [5.74, 6) is 1.07. The molecule has 1 aromatic heterocycles. The molecule has 0 atom stereocenters. The second-order valence-corrected chi connectivity index (χ2v) is 6.28. The Kier molecular flexibility index (Phi) is 5.75. The lowest BCUT2D eigenvalue weighted by Crippen LogP contribution is -2.27. The van der Waals surface area contributed by atoms with Crippen molar-refractivity contribution in [2.24, 2.45) is 0 Å². The van der Waals surface area contributed by atoms with Crippen LogP contribution in [-0.4, -0.2) is 43.6 Å². The summed E-state index contributed by atoms with van der Waals surface area (Å²) in [6, 6.07) is 16.9. The fourth-order valence-corrected chi connectivity index (χ4v) is 3.02. The molecule has 0 radical (unpaired) electrons. The van der Waals surface area contributed by atoms with Crippen molar-refractivity contribution >= 4 is 16.8 Å². The molecule has 0 N–H and O–H groups in total. The van der Waals surface area contributed by atoms with Crippen LogP contribution in [0, 0.1) is 11.3 Å². The highest BCUT2D eigenvalue weighted by molar-refractivity contribution is 6.07. The molecule has 0 aliphatic rings. The fourth-order valence-electron chi connectivity index (χ4n) is 3.02. The second kappa shape index (κ2) is 8.40. The fraction of sp³-hybridized carbons (Fsp3) is 0.227. The van der Waals surface area contributed by atoms with Crippen molar-refractivity contribution in [3.63, 3.8) is 0 Å². The van der Waals surface area contributed by atoms with E-state index in [-0.39, 0.29) is 12.3 Å². The SMILES string of the molecule is COc1ccc(-c2cc(C(=O)N(C)CCC#N)c3ccccc3n2)cc1OC. The van der Waals surface area contributed by atoms with Crippen LogP contribution in [-0.2, 0) is 0 Å². The van der Waals surface area contributed by atoms with Crippen LogP contribution in [0.15, 0.2) is 48.5 Å². The number of nitriles is 1. The molecular formula is C22H21N3O3. The summed E-state index contributed by atoms with van der Waals surface area (Å²) in [5, 5.41) is 9.58. The number of nitrogens with zero attached hydrogens (tertiary/aromatic N) is 3. The van der Waals surface area contributed by atoms with Crippen LogP contribution in [0.1, 0.15) is 16.8 Å². The number of fused-ring (bicyclic) bond motifs is 1. The number of carbonyl (C=O) groups is 1. The molecule has 1 amide bonds. The van der Waals surface area contributed by atoms with Gasteiger partial charge in [0.2, 0.25) is 0 Å². The van der Waals surface area contributed by atoms with Gasteiger partial charge in [-0.15, -0.1) is 0 Å². The maximum absolute atomic E-state index is 13.0. The highest BCUT2D eigenvalue weighted by Gasteiger charge is 2.18. The number of carbonyl (C=O) groups excluding carboxylic acids is 1. The number of hydrogen-bond donors (Lipinski definition) is 0. The Balaban J connectivity index is 2.13. The van der Waals surface area contributed by atoms with Gasteiger partial charge in [-0.25, -0.2) is 4.98 Å². The third kappa shape index (κ3) is 3.74. The Morgan fingerprint density at radius 2 is 1.86 bits per heavy atom. The molecule has 0 fully saturated rings. The largest absolute Gasteiger partial charge is 0.493 e. The van der Waals surface area contributed by atoms with Gasteiger partial charge in [-0.3, -0.25) is 4.79 Å². The van der Waals surface area contributed by atoms with E-state index in [1.807, 2.05) is 42.5 Å². The minimum Gasteiger partial charge on any atom is -0.493 e. The monoisotopic (exact) mass is 375 g/mol.